The first kappa shape index (κ1) is 57.6. The van der Waals surface area contributed by atoms with Gasteiger partial charge in [0.25, 0.3) is 0 Å². The Morgan fingerprint density at radius 2 is 1.25 bits per heavy atom. The maximum atomic E-state index is 13.7. The molecule has 69 heavy (non-hydrogen) atoms. The van der Waals surface area contributed by atoms with Gasteiger partial charge in [-0.2, -0.15) is 0 Å². The fraction of sp³-hybridized carbons (Fsp3) is 0.915. The van der Waals surface area contributed by atoms with Gasteiger partial charge in [0.2, 0.25) is 17.7 Å². The van der Waals surface area contributed by atoms with Crippen molar-refractivity contribution in [3.05, 3.63) is 0 Å². The summed E-state index contributed by atoms with van der Waals surface area (Å²) in [4.78, 5) is 67.8. The van der Waals surface area contributed by atoms with Gasteiger partial charge in [-0.3, -0.25) is 24.0 Å². The van der Waals surface area contributed by atoms with Crippen molar-refractivity contribution in [3.63, 3.8) is 0 Å². The van der Waals surface area contributed by atoms with Crippen LogP contribution in [-0.2, 0) is 24.0 Å². The van der Waals surface area contributed by atoms with E-state index < -0.39 is 6.10 Å². The summed E-state index contributed by atoms with van der Waals surface area (Å²) in [6.07, 6.45) is 36.6. The standard InChI is InChI=1S/C59H103N3O7/c1-6-7-8-9-10-11-12-13-14-15-16-17-18-19-23-26-55(67)60-47-34-36-58(4)46(38-47)29-30-51-53-32-31-52(59(53,5)37-35-54(51)58)44(2)28-33-56(68)61(40-45(3)64)41-49(65)25-22-20-21-24-27-57(69)62-42-50(66)39-48(62)43-63/h44,46-48,50-54,63,66H,6-43H2,1-5H3,(H,60,67)/t44-,46?,47+,48+,50-,51?,52-,53?,54?,58+,59-/m1/s1. The van der Waals surface area contributed by atoms with E-state index in [0.29, 0.717) is 74.2 Å². The first-order chi connectivity index (χ1) is 33.2. The van der Waals surface area contributed by atoms with Crippen LogP contribution in [0, 0.1) is 46.3 Å². The van der Waals surface area contributed by atoms with E-state index in [4.69, 9.17) is 0 Å². The molecule has 0 bridgehead atoms. The number of nitrogens with one attached hydrogen (secondary N) is 1. The van der Waals surface area contributed by atoms with Crippen LogP contribution in [-0.4, -0.2) is 93.7 Å². The number of Topliss-reactive ketones (excluding diaryl/α,β-unsaturated/α-hetero) is 2. The Labute approximate surface area is 420 Å². The Balaban J connectivity index is 0.960. The Hall–Kier alpha value is -2.33. The monoisotopic (exact) mass is 966 g/mol. The molecule has 1 aliphatic heterocycles. The van der Waals surface area contributed by atoms with Gasteiger partial charge in [0.05, 0.1) is 31.8 Å². The van der Waals surface area contributed by atoms with E-state index in [1.807, 2.05) is 0 Å². The molecular formula is C59H103N3O7. The van der Waals surface area contributed by atoms with Crippen molar-refractivity contribution < 1.29 is 34.2 Å². The van der Waals surface area contributed by atoms with Crippen LogP contribution in [0.5, 0.6) is 0 Å². The van der Waals surface area contributed by atoms with Crippen LogP contribution >= 0.6 is 0 Å². The second kappa shape index (κ2) is 29.4. The summed E-state index contributed by atoms with van der Waals surface area (Å²) in [6, 6.07) is 0.0279. The minimum Gasteiger partial charge on any atom is -0.394 e. The number of fused-ring (bicyclic) bond motifs is 5. The van der Waals surface area contributed by atoms with Crippen molar-refractivity contribution in [3.8, 4) is 0 Å². The van der Waals surface area contributed by atoms with Crippen LogP contribution < -0.4 is 5.32 Å². The number of likely N-dealkylation sites (tertiary alicyclic amines) is 1. The summed E-state index contributed by atoms with van der Waals surface area (Å²) in [5.74, 6) is 3.93. The van der Waals surface area contributed by atoms with E-state index >= 15 is 0 Å². The number of hydrogen-bond donors (Lipinski definition) is 3. The minimum atomic E-state index is -0.578. The van der Waals surface area contributed by atoms with Gasteiger partial charge in [-0.25, -0.2) is 0 Å². The maximum absolute atomic E-state index is 13.7. The van der Waals surface area contributed by atoms with E-state index in [1.165, 1.54) is 147 Å². The number of rotatable bonds is 33. The van der Waals surface area contributed by atoms with Gasteiger partial charge in [-0.05, 0) is 143 Å². The highest BCUT2D eigenvalue weighted by molar-refractivity contribution is 5.89. The summed E-state index contributed by atoms with van der Waals surface area (Å²) in [5.41, 5.74) is 0.643. The number of unbranched alkanes of at least 4 members (excludes halogenated alkanes) is 17. The molecule has 10 heteroatoms. The van der Waals surface area contributed by atoms with Crippen molar-refractivity contribution in [1.82, 2.24) is 15.1 Å². The molecule has 0 spiro atoms. The van der Waals surface area contributed by atoms with E-state index in [1.54, 1.807) is 4.90 Å². The van der Waals surface area contributed by atoms with Gasteiger partial charge in [0, 0.05) is 38.3 Å². The Bertz CT molecular complexity index is 1590. The van der Waals surface area contributed by atoms with E-state index in [-0.39, 0.29) is 67.0 Å². The van der Waals surface area contributed by atoms with E-state index in [2.05, 4.69) is 33.0 Å². The summed E-state index contributed by atoms with van der Waals surface area (Å²) < 4.78 is 0. The molecule has 5 aliphatic rings. The SMILES string of the molecule is CCCCCCCCCCCCCCCCCC(=O)N[C@H]1CC[C@@]2(C)C(CCC3C2CC[C@@]2(C)C3CC[C@@H]2[C@H](C)CCC(=O)N(CC(C)=O)CC(=O)CCCCCCC(=O)N2C[C@H](O)C[C@H]2CO)C1. The van der Waals surface area contributed by atoms with Crippen molar-refractivity contribution in [1.29, 1.82) is 0 Å². The molecule has 0 aromatic carbocycles. The number of nitrogens with zero attached hydrogens (tertiary/aromatic N) is 2. The van der Waals surface area contributed by atoms with Crippen LogP contribution in [0.15, 0.2) is 0 Å². The fourth-order valence-corrected chi connectivity index (χ4v) is 15.3. The zero-order valence-electron chi connectivity index (χ0n) is 44.9. The number of amides is 3. The molecule has 3 N–H and O–H groups in total. The van der Waals surface area contributed by atoms with Gasteiger partial charge in [0.15, 0.2) is 5.78 Å². The average molecular weight is 966 g/mol. The number of carbonyl (C=O) groups is 5. The van der Waals surface area contributed by atoms with E-state index in [0.717, 1.165) is 56.3 Å². The Morgan fingerprint density at radius 3 is 1.87 bits per heavy atom. The van der Waals surface area contributed by atoms with Crippen molar-refractivity contribution in [2.45, 2.75) is 271 Å². The van der Waals surface area contributed by atoms with E-state index in [9.17, 15) is 34.2 Å². The minimum absolute atomic E-state index is 0.0240. The quantitative estimate of drug-likeness (QED) is 0.0556. The lowest BCUT2D eigenvalue weighted by molar-refractivity contribution is -0.138. The molecule has 0 radical (unpaired) electrons. The van der Waals surface area contributed by atoms with Gasteiger partial charge in [-0.15, -0.1) is 0 Å². The number of ketones is 2. The molecular weight excluding hydrogens is 863 g/mol. The molecule has 5 rings (SSSR count). The number of β-amino-alcohol motifs (C(OH)–C–C–N with tert-alkyl or cyclic N) is 1. The highest BCUT2D eigenvalue weighted by Crippen LogP contribution is 2.68. The molecule has 4 unspecified atom stereocenters. The third-order valence-corrected chi connectivity index (χ3v) is 19.3. The highest BCUT2D eigenvalue weighted by Gasteiger charge is 2.60. The number of aliphatic hydroxyl groups is 2. The van der Waals surface area contributed by atoms with Crippen molar-refractivity contribution >= 4 is 29.3 Å². The average Bonchev–Trinajstić information content (AvgIpc) is 3.89. The molecule has 1 heterocycles. The Morgan fingerprint density at radius 1 is 0.667 bits per heavy atom. The molecule has 5 fully saturated rings. The second-order valence-electron chi connectivity index (χ2n) is 24.3. The lowest BCUT2D eigenvalue weighted by atomic mass is 9.44. The third kappa shape index (κ3) is 17.1. The molecule has 11 atom stereocenters. The maximum Gasteiger partial charge on any atom is 0.223 e. The van der Waals surface area contributed by atoms with Crippen molar-refractivity contribution in [2.24, 2.45) is 46.3 Å². The zero-order chi connectivity index (χ0) is 49.8. The third-order valence-electron chi connectivity index (χ3n) is 19.3. The topological polar surface area (TPSA) is 144 Å². The van der Waals surface area contributed by atoms with Gasteiger partial charge in [0.1, 0.15) is 5.78 Å². The second-order valence-corrected chi connectivity index (χ2v) is 24.3. The highest BCUT2D eigenvalue weighted by atomic mass is 16.3. The van der Waals surface area contributed by atoms with Gasteiger partial charge in [-0.1, -0.05) is 130 Å². The van der Waals surface area contributed by atoms with Crippen molar-refractivity contribution in [2.75, 3.05) is 26.2 Å². The first-order valence-electron chi connectivity index (χ1n) is 29.4. The molecule has 0 aromatic rings. The lowest BCUT2D eigenvalue weighted by Gasteiger charge is -2.61. The normalized spacial score (nSPS) is 30.0. The largest absolute Gasteiger partial charge is 0.394 e. The molecule has 10 nitrogen and oxygen atoms in total. The first-order valence-corrected chi connectivity index (χ1v) is 29.4. The Kier molecular flexibility index (Phi) is 24.5. The number of hydrogen-bond acceptors (Lipinski definition) is 7. The number of aliphatic hydroxyl groups excluding tert-OH is 2. The lowest BCUT2D eigenvalue weighted by Crippen LogP contribution is -2.55. The molecule has 4 saturated carbocycles. The van der Waals surface area contributed by atoms with Crippen LogP contribution in [0.25, 0.3) is 0 Å². The molecule has 3 amide bonds. The summed E-state index contributed by atoms with van der Waals surface area (Å²) in [7, 11) is 0. The molecule has 1 saturated heterocycles. The van der Waals surface area contributed by atoms with Gasteiger partial charge >= 0.3 is 0 Å². The van der Waals surface area contributed by atoms with Crippen LogP contribution in [0.2, 0.25) is 0 Å². The summed E-state index contributed by atoms with van der Waals surface area (Å²) >= 11 is 0. The predicted octanol–water partition coefficient (Wildman–Crippen LogP) is 12.1. The zero-order valence-corrected chi connectivity index (χ0v) is 44.9. The van der Waals surface area contributed by atoms with Crippen LogP contribution in [0.3, 0.4) is 0 Å². The molecule has 4 aliphatic carbocycles. The summed E-state index contributed by atoms with van der Waals surface area (Å²) in [6.45, 7) is 11.4. The number of carbonyl (C=O) groups excluding carboxylic acids is 5. The smallest absolute Gasteiger partial charge is 0.223 e. The van der Waals surface area contributed by atoms with Crippen LogP contribution in [0.1, 0.15) is 253 Å². The predicted molar refractivity (Wildman–Crippen MR) is 278 cm³/mol. The fourth-order valence-electron chi connectivity index (χ4n) is 15.3. The molecule has 396 valence electrons. The molecule has 0 aromatic heterocycles. The summed E-state index contributed by atoms with van der Waals surface area (Å²) in [5, 5.41) is 22.9. The van der Waals surface area contributed by atoms with Crippen LogP contribution in [0.4, 0.5) is 0 Å². The van der Waals surface area contributed by atoms with Gasteiger partial charge < -0.3 is 25.3 Å².